The minimum Gasteiger partial charge on any atom is -0.395 e. The van der Waals surface area contributed by atoms with E-state index >= 15 is 0 Å². The van der Waals surface area contributed by atoms with Crippen LogP contribution in [0.2, 0.25) is 0 Å². The zero-order valence-corrected chi connectivity index (χ0v) is 13.9. The maximum Gasteiger partial charge on any atom is 0.323 e. The van der Waals surface area contributed by atoms with Crippen molar-refractivity contribution in [2.45, 2.75) is 9.79 Å². The number of anilines is 1. The summed E-state index contributed by atoms with van der Waals surface area (Å²) in [4.78, 5) is 13.8. The van der Waals surface area contributed by atoms with Crippen LogP contribution in [0.15, 0.2) is 44.8 Å². The number of rotatable bonds is 6. The molecule has 0 saturated heterocycles. The molecule has 1 N–H and O–H groups in total. The molecule has 0 atom stereocenters. The van der Waals surface area contributed by atoms with Crippen LogP contribution in [0.1, 0.15) is 0 Å². The first kappa shape index (κ1) is 17.1. The van der Waals surface area contributed by atoms with E-state index in [9.17, 15) is 14.5 Å². The van der Waals surface area contributed by atoms with Gasteiger partial charge in [0, 0.05) is 23.4 Å². The third-order valence-electron chi connectivity index (χ3n) is 3.53. The summed E-state index contributed by atoms with van der Waals surface area (Å²) in [5, 5.41) is 28.1. The lowest BCUT2D eigenvalue weighted by Gasteiger charge is -2.18. The van der Waals surface area contributed by atoms with Crippen molar-refractivity contribution in [3.8, 4) is 0 Å². The maximum atomic E-state index is 13.1. The highest BCUT2D eigenvalue weighted by Gasteiger charge is 2.28. The Balaban J connectivity index is 2.15. The number of hydrogen-bond acceptors (Lipinski definition) is 8. The van der Waals surface area contributed by atoms with Crippen LogP contribution in [-0.2, 0) is 0 Å². The van der Waals surface area contributed by atoms with E-state index in [0.717, 1.165) is 4.90 Å². The van der Waals surface area contributed by atoms with Gasteiger partial charge in [-0.05, 0) is 40.6 Å². The van der Waals surface area contributed by atoms with Gasteiger partial charge in [0.2, 0.25) is 5.52 Å². The molecule has 0 spiro atoms. The molecule has 2 aromatic carbocycles. The lowest BCUT2D eigenvalue weighted by molar-refractivity contribution is -0.382. The van der Waals surface area contributed by atoms with E-state index < -0.39 is 4.92 Å². The summed E-state index contributed by atoms with van der Waals surface area (Å²) in [7, 11) is 1.63. The number of halogens is 1. The van der Waals surface area contributed by atoms with Gasteiger partial charge in [0.25, 0.3) is 0 Å². The number of nitro groups is 1. The number of nitrogens with zero attached hydrogens (tertiary/aromatic N) is 4. The number of hydrogen-bond donors (Lipinski definition) is 1. The number of fused-ring (bicyclic) bond motifs is 1. The van der Waals surface area contributed by atoms with E-state index in [1.165, 1.54) is 23.9 Å². The molecule has 0 fully saturated rings. The second-order valence-corrected chi connectivity index (χ2v) is 6.28. The zero-order chi connectivity index (χ0) is 18.0. The quantitative estimate of drug-likeness (QED) is 0.526. The van der Waals surface area contributed by atoms with Gasteiger partial charge in [0.1, 0.15) is 11.5 Å². The summed E-state index contributed by atoms with van der Waals surface area (Å²) < 4.78 is 17.8. The molecule has 3 aromatic rings. The van der Waals surface area contributed by atoms with Crippen LogP contribution >= 0.6 is 11.8 Å². The van der Waals surface area contributed by atoms with Crippen molar-refractivity contribution in [3.63, 3.8) is 0 Å². The van der Waals surface area contributed by atoms with Gasteiger partial charge in [-0.25, -0.2) is 9.02 Å². The van der Waals surface area contributed by atoms with E-state index in [0.29, 0.717) is 4.90 Å². The Labute approximate surface area is 145 Å². The van der Waals surface area contributed by atoms with E-state index in [-0.39, 0.29) is 41.4 Å². The highest BCUT2D eigenvalue weighted by Crippen LogP contribution is 2.41. The Morgan fingerprint density at radius 1 is 1.32 bits per heavy atom. The molecule has 25 heavy (non-hydrogen) atoms. The molecule has 3 rings (SSSR count). The normalized spacial score (nSPS) is 11.0. The molecule has 0 unspecified atom stereocenters. The Morgan fingerprint density at radius 2 is 2.00 bits per heavy atom. The fourth-order valence-corrected chi connectivity index (χ4v) is 3.26. The Hall–Kier alpha value is -2.72. The van der Waals surface area contributed by atoms with Gasteiger partial charge in [0.05, 0.1) is 11.5 Å². The Bertz CT molecular complexity index is 916. The van der Waals surface area contributed by atoms with Gasteiger partial charge in [0.15, 0.2) is 5.52 Å². The molecule has 8 nitrogen and oxygen atoms in total. The second-order valence-electron chi connectivity index (χ2n) is 5.16. The average molecular weight is 364 g/mol. The van der Waals surface area contributed by atoms with Crippen LogP contribution in [0.25, 0.3) is 11.0 Å². The molecule has 0 aliphatic carbocycles. The third-order valence-corrected chi connectivity index (χ3v) is 4.57. The number of likely N-dealkylation sites (N-methyl/N-ethyl adjacent to an activating group) is 1. The van der Waals surface area contributed by atoms with Gasteiger partial charge in [-0.15, -0.1) is 0 Å². The average Bonchev–Trinajstić information content (AvgIpc) is 3.06. The van der Waals surface area contributed by atoms with E-state index in [1.807, 2.05) is 0 Å². The lowest BCUT2D eigenvalue weighted by atomic mass is 10.2. The van der Waals surface area contributed by atoms with Crippen molar-refractivity contribution < 1.29 is 19.0 Å². The first-order valence-electron chi connectivity index (χ1n) is 7.20. The number of benzene rings is 2. The number of aliphatic hydroxyl groups is 1. The van der Waals surface area contributed by atoms with E-state index in [4.69, 9.17) is 9.74 Å². The van der Waals surface area contributed by atoms with Gasteiger partial charge in [-0.2, -0.15) is 0 Å². The van der Waals surface area contributed by atoms with Gasteiger partial charge < -0.3 is 10.0 Å². The summed E-state index contributed by atoms with van der Waals surface area (Å²) in [5.41, 5.74) is 0.321. The molecule has 0 saturated carbocycles. The highest BCUT2D eigenvalue weighted by molar-refractivity contribution is 7.99. The number of aliphatic hydroxyl groups excluding tert-OH is 1. The first-order valence-corrected chi connectivity index (χ1v) is 8.02. The SMILES string of the molecule is CN(CCO)c1cc(Sc2ccc(F)cc2)c2nonc2c1[N+](=O)[O-]. The fourth-order valence-electron chi connectivity index (χ4n) is 2.34. The molecule has 1 heterocycles. The maximum absolute atomic E-state index is 13.1. The first-order chi connectivity index (χ1) is 12.0. The Kier molecular flexibility index (Phi) is 4.81. The summed E-state index contributed by atoms with van der Waals surface area (Å²) in [6, 6.07) is 7.43. The molecule has 1 aromatic heterocycles. The summed E-state index contributed by atoms with van der Waals surface area (Å²) >= 11 is 1.26. The molecular weight excluding hydrogens is 351 g/mol. The monoisotopic (exact) mass is 364 g/mol. The largest absolute Gasteiger partial charge is 0.395 e. The smallest absolute Gasteiger partial charge is 0.323 e. The molecule has 0 aliphatic rings. The van der Waals surface area contributed by atoms with E-state index in [2.05, 4.69) is 10.3 Å². The van der Waals surface area contributed by atoms with E-state index in [1.54, 1.807) is 30.1 Å². The number of nitro benzene ring substituents is 1. The van der Waals surface area contributed by atoms with Crippen molar-refractivity contribution in [1.82, 2.24) is 10.3 Å². The van der Waals surface area contributed by atoms with Crippen molar-refractivity contribution in [3.05, 3.63) is 46.3 Å². The van der Waals surface area contributed by atoms with Crippen molar-refractivity contribution in [1.29, 1.82) is 0 Å². The summed E-state index contributed by atoms with van der Waals surface area (Å²) in [6.07, 6.45) is 0. The van der Waals surface area contributed by atoms with Crippen LogP contribution in [0, 0.1) is 15.9 Å². The van der Waals surface area contributed by atoms with Crippen LogP contribution in [0.4, 0.5) is 15.8 Å². The van der Waals surface area contributed by atoms with Crippen LogP contribution in [-0.4, -0.2) is 40.5 Å². The standard InChI is InChI=1S/C15H13FN4O4S/c1-19(6-7-21)11-8-12(25-10-4-2-9(16)3-5-10)13-14(18-24-17-13)15(11)20(22)23/h2-5,8,21H,6-7H2,1H3. The van der Waals surface area contributed by atoms with Crippen molar-refractivity contribution in [2.75, 3.05) is 25.1 Å². The molecule has 0 bridgehead atoms. The van der Waals surface area contributed by atoms with Crippen molar-refractivity contribution >= 4 is 34.2 Å². The molecule has 130 valence electrons. The van der Waals surface area contributed by atoms with Gasteiger partial charge in [-0.3, -0.25) is 10.1 Å². The summed E-state index contributed by atoms with van der Waals surface area (Å²) in [6.45, 7) is 0.0431. The minimum atomic E-state index is -0.553. The predicted octanol–water partition coefficient (Wildman–Crippen LogP) is 2.85. The highest BCUT2D eigenvalue weighted by atomic mass is 32.2. The lowest BCUT2D eigenvalue weighted by Crippen LogP contribution is -2.22. The van der Waals surface area contributed by atoms with Gasteiger partial charge >= 0.3 is 5.69 Å². The molecule has 0 aliphatic heterocycles. The predicted molar refractivity (Wildman–Crippen MR) is 89.3 cm³/mol. The molecule has 0 amide bonds. The second kappa shape index (κ2) is 7.03. The van der Waals surface area contributed by atoms with Crippen LogP contribution < -0.4 is 4.90 Å². The fraction of sp³-hybridized carbons (Fsp3) is 0.200. The molecular formula is C15H13FN4O4S. The third kappa shape index (κ3) is 3.39. The zero-order valence-electron chi connectivity index (χ0n) is 13.0. The summed E-state index contributed by atoms with van der Waals surface area (Å²) in [5.74, 6) is -0.357. The van der Waals surface area contributed by atoms with Crippen LogP contribution in [0.3, 0.4) is 0 Å². The Morgan fingerprint density at radius 3 is 2.64 bits per heavy atom. The van der Waals surface area contributed by atoms with Gasteiger partial charge in [-0.1, -0.05) is 11.8 Å². The topological polar surface area (TPSA) is 106 Å². The minimum absolute atomic E-state index is 0.0249. The van der Waals surface area contributed by atoms with Crippen LogP contribution in [0.5, 0.6) is 0 Å². The van der Waals surface area contributed by atoms with Crippen molar-refractivity contribution in [2.24, 2.45) is 0 Å². The number of aromatic nitrogens is 2. The molecule has 0 radical (unpaired) electrons. The molecule has 10 heteroatoms.